The minimum Gasteiger partial charge on any atom is -0.311 e. The lowest BCUT2D eigenvalue weighted by Gasteiger charge is -2.11. The standard InChI is InChI=1S/C18H18N6O/c1-11-6-7-20-16(8-11)23-17(25)5-4-15-12(2)22-18-14(9-19)10-21-24(18)13(15)3/h6-8,10H,4-5H2,1-3H3,(H,20,23,25). The number of hydrogen-bond acceptors (Lipinski definition) is 5. The molecular weight excluding hydrogens is 316 g/mol. The summed E-state index contributed by atoms with van der Waals surface area (Å²) in [5, 5.41) is 16.1. The van der Waals surface area contributed by atoms with Crippen LogP contribution in [0, 0.1) is 32.1 Å². The van der Waals surface area contributed by atoms with Crippen LogP contribution in [0.2, 0.25) is 0 Å². The number of fused-ring (bicyclic) bond motifs is 1. The zero-order valence-electron chi connectivity index (χ0n) is 14.4. The molecule has 0 bridgehead atoms. The van der Waals surface area contributed by atoms with Gasteiger partial charge in [0, 0.05) is 24.0 Å². The first-order valence-electron chi connectivity index (χ1n) is 7.96. The largest absolute Gasteiger partial charge is 0.311 e. The maximum Gasteiger partial charge on any atom is 0.225 e. The van der Waals surface area contributed by atoms with Gasteiger partial charge in [0.1, 0.15) is 17.5 Å². The molecule has 7 nitrogen and oxygen atoms in total. The van der Waals surface area contributed by atoms with Crippen LogP contribution in [-0.2, 0) is 11.2 Å². The lowest BCUT2D eigenvalue weighted by atomic mass is 10.1. The molecule has 3 heterocycles. The first-order valence-corrected chi connectivity index (χ1v) is 7.96. The molecule has 0 spiro atoms. The highest BCUT2D eigenvalue weighted by Gasteiger charge is 2.15. The van der Waals surface area contributed by atoms with Crippen LogP contribution in [0.1, 0.15) is 34.5 Å². The lowest BCUT2D eigenvalue weighted by molar-refractivity contribution is -0.116. The van der Waals surface area contributed by atoms with Crippen molar-refractivity contribution < 1.29 is 4.79 Å². The van der Waals surface area contributed by atoms with Gasteiger partial charge in [-0.15, -0.1) is 0 Å². The molecule has 1 N–H and O–H groups in total. The number of nitrogens with zero attached hydrogens (tertiary/aromatic N) is 5. The fraction of sp³-hybridized carbons (Fsp3) is 0.278. The summed E-state index contributed by atoms with van der Waals surface area (Å²) in [6, 6.07) is 5.80. The SMILES string of the molecule is Cc1ccnc(NC(=O)CCc2c(C)nc3c(C#N)cnn3c2C)c1. The van der Waals surface area contributed by atoms with Crippen LogP contribution >= 0.6 is 0 Å². The molecule has 0 aliphatic carbocycles. The summed E-state index contributed by atoms with van der Waals surface area (Å²) in [5.74, 6) is 0.452. The zero-order valence-corrected chi connectivity index (χ0v) is 14.4. The number of carbonyl (C=O) groups excluding carboxylic acids is 1. The fourth-order valence-electron chi connectivity index (χ4n) is 2.80. The molecule has 0 aromatic carbocycles. The molecule has 1 amide bonds. The zero-order chi connectivity index (χ0) is 18.0. The first kappa shape index (κ1) is 16.6. The van der Waals surface area contributed by atoms with E-state index in [0.29, 0.717) is 29.9 Å². The predicted octanol–water partition coefficient (Wildman–Crippen LogP) is 2.49. The smallest absolute Gasteiger partial charge is 0.225 e. The molecule has 3 rings (SSSR count). The summed E-state index contributed by atoms with van der Waals surface area (Å²) in [6.07, 6.45) is 4.03. The summed E-state index contributed by atoms with van der Waals surface area (Å²) in [4.78, 5) is 20.8. The second kappa shape index (κ2) is 6.69. The van der Waals surface area contributed by atoms with Gasteiger partial charge in [-0.2, -0.15) is 10.4 Å². The van der Waals surface area contributed by atoms with E-state index >= 15 is 0 Å². The molecule has 0 saturated carbocycles. The molecule has 0 atom stereocenters. The predicted molar refractivity (Wildman–Crippen MR) is 93.1 cm³/mol. The molecule has 126 valence electrons. The van der Waals surface area contributed by atoms with Gasteiger partial charge in [-0.1, -0.05) is 0 Å². The van der Waals surface area contributed by atoms with Crippen molar-refractivity contribution >= 4 is 17.4 Å². The number of rotatable bonds is 4. The molecular formula is C18H18N6O. The van der Waals surface area contributed by atoms with Crippen LogP contribution in [0.4, 0.5) is 5.82 Å². The average Bonchev–Trinajstić information content (AvgIpc) is 2.97. The minimum atomic E-state index is -0.102. The highest BCUT2D eigenvalue weighted by Crippen LogP contribution is 2.18. The van der Waals surface area contributed by atoms with E-state index < -0.39 is 0 Å². The van der Waals surface area contributed by atoms with Gasteiger partial charge in [0.25, 0.3) is 0 Å². The van der Waals surface area contributed by atoms with Gasteiger partial charge in [0.05, 0.1) is 6.20 Å². The van der Waals surface area contributed by atoms with Gasteiger partial charge >= 0.3 is 0 Å². The number of aromatic nitrogens is 4. The Morgan fingerprint density at radius 2 is 2.16 bits per heavy atom. The Morgan fingerprint density at radius 1 is 1.36 bits per heavy atom. The maximum absolute atomic E-state index is 12.2. The third kappa shape index (κ3) is 3.33. The van der Waals surface area contributed by atoms with Crippen molar-refractivity contribution in [1.29, 1.82) is 5.26 Å². The number of nitriles is 1. The molecule has 0 radical (unpaired) electrons. The van der Waals surface area contributed by atoms with E-state index in [1.54, 1.807) is 10.7 Å². The summed E-state index contributed by atoms with van der Waals surface area (Å²) in [7, 11) is 0. The van der Waals surface area contributed by atoms with Crippen molar-refractivity contribution in [3.8, 4) is 6.07 Å². The third-order valence-corrected chi connectivity index (χ3v) is 4.11. The fourth-order valence-corrected chi connectivity index (χ4v) is 2.80. The number of carbonyl (C=O) groups is 1. The molecule has 0 saturated heterocycles. The molecule has 0 fully saturated rings. The van der Waals surface area contributed by atoms with Gasteiger partial charge in [-0.3, -0.25) is 4.79 Å². The van der Waals surface area contributed by atoms with Crippen LogP contribution < -0.4 is 5.32 Å². The highest BCUT2D eigenvalue weighted by molar-refractivity contribution is 5.89. The molecule has 3 aromatic rings. The van der Waals surface area contributed by atoms with Gasteiger partial charge < -0.3 is 5.32 Å². The lowest BCUT2D eigenvalue weighted by Crippen LogP contribution is -2.15. The van der Waals surface area contributed by atoms with Gasteiger partial charge in [0.15, 0.2) is 5.65 Å². The average molecular weight is 334 g/mol. The maximum atomic E-state index is 12.2. The van der Waals surface area contributed by atoms with Gasteiger partial charge in [-0.05, 0) is 50.5 Å². The molecule has 25 heavy (non-hydrogen) atoms. The molecule has 0 unspecified atom stereocenters. The van der Waals surface area contributed by atoms with E-state index in [4.69, 9.17) is 5.26 Å². The monoisotopic (exact) mass is 334 g/mol. The van der Waals surface area contributed by atoms with Crippen molar-refractivity contribution in [3.05, 3.63) is 52.6 Å². The van der Waals surface area contributed by atoms with E-state index in [-0.39, 0.29) is 5.91 Å². The van der Waals surface area contributed by atoms with E-state index in [0.717, 1.165) is 22.5 Å². The van der Waals surface area contributed by atoms with Gasteiger partial charge in [-0.25, -0.2) is 14.5 Å². The Labute approximate surface area is 145 Å². The Morgan fingerprint density at radius 3 is 2.88 bits per heavy atom. The van der Waals surface area contributed by atoms with Crippen LogP contribution in [0.15, 0.2) is 24.5 Å². The van der Waals surface area contributed by atoms with Crippen LogP contribution in [0.5, 0.6) is 0 Å². The van der Waals surface area contributed by atoms with E-state index in [9.17, 15) is 4.79 Å². The highest BCUT2D eigenvalue weighted by atomic mass is 16.1. The molecule has 0 aliphatic heterocycles. The van der Waals surface area contributed by atoms with Gasteiger partial charge in [0.2, 0.25) is 5.91 Å². The van der Waals surface area contributed by atoms with Crippen LogP contribution in [-0.4, -0.2) is 25.5 Å². The van der Waals surface area contributed by atoms with Crippen LogP contribution in [0.25, 0.3) is 5.65 Å². The Bertz CT molecular complexity index is 999. The molecule has 3 aromatic heterocycles. The molecule has 0 aliphatic rings. The van der Waals surface area contributed by atoms with E-state index in [1.807, 2.05) is 32.9 Å². The second-order valence-electron chi connectivity index (χ2n) is 5.93. The number of hydrogen-bond donors (Lipinski definition) is 1. The summed E-state index contributed by atoms with van der Waals surface area (Å²) >= 11 is 0. The normalized spacial score (nSPS) is 10.6. The summed E-state index contributed by atoms with van der Waals surface area (Å²) < 4.78 is 1.65. The Hall–Kier alpha value is -3.27. The topological polar surface area (TPSA) is 96.0 Å². The number of anilines is 1. The molecule has 7 heteroatoms. The van der Waals surface area contributed by atoms with Crippen molar-refractivity contribution in [2.75, 3.05) is 5.32 Å². The summed E-state index contributed by atoms with van der Waals surface area (Å²) in [5.41, 5.74) is 4.70. The van der Waals surface area contributed by atoms with Crippen molar-refractivity contribution in [3.63, 3.8) is 0 Å². The van der Waals surface area contributed by atoms with Crippen molar-refractivity contribution in [1.82, 2.24) is 19.6 Å². The number of nitrogens with one attached hydrogen (secondary N) is 1. The number of amides is 1. The number of pyridine rings is 1. The van der Waals surface area contributed by atoms with Crippen LogP contribution in [0.3, 0.4) is 0 Å². The quantitative estimate of drug-likeness (QED) is 0.791. The van der Waals surface area contributed by atoms with E-state index in [2.05, 4.69) is 26.5 Å². The van der Waals surface area contributed by atoms with Crippen molar-refractivity contribution in [2.45, 2.75) is 33.6 Å². The Kier molecular flexibility index (Phi) is 4.44. The van der Waals surface area contributed by atoms with Crippen molar-refractivity contribution in [2.24, 2.45) is 0 Å². The number of aryl methyl sites for hydroxylation is 3. The third-order valence-electron chi connectivity index (χ3n) is 4.11. The first-order chi connectivity index (χ1) is 12.0. The summed E-state index contributed by atoms with van der Waals surface area (Å²) in [6.45, 7) is 5.76. The van der Waals surface area contributed by atoms with E-state index in [1.165, 1.54) is 6.20 Å². The minimum absolute atomic E-state index is 0.102. The second-order valence-corrected chi connectivity index (χ2v) is 5.93. The Balaban J connectivity index is 1.77.